The van der Waals surface area contributed by atoms with Gasteiger partial charge in [0, 0.05) is 29.4 Å². The number of carbonyl (C=O) groups excluding carboxylic acids is 1. The predicted octanol–water partition coefficient (Wildman–Crippen LogP) is 3.93. The molecule has 25 heavy (non-hydrogen) atoms. The van der Waals surface area contributed by atoms with Gasteiger partial charge in [0.2, 0.25) is 5.89 Å². The van der Waals surface area contributed by atoms with Crippen LogP contribution in [0, 0.1) is 0 Å². The molecule has 0 saturated heterocycles. The number of allylic oxidation sites excluding steroid dienone is 1. The van der Waals surface area contributed by atoms with E-state index in [0.717, 1.165) is 16.6 Å². The standard InChI is InChI=1S/C19H21N3O3/c1-4-24-17(23)10-7-11-22-15-9-6-5-8-14(15)12-16(22)19-21-20-18(25-19)13(2)3/h5-10,12-13H,4,11H2,1-3H3/b10-7+. The first-order valence-corrected chi connectivity index (χ1v) is 8.35. The zero-order valence-corrected chi connectivity index (χ0v) is 14.6. The molecule has 6 heteroatoms. The molecule has 3 aromatic rings. The Labute approximate surface area is 146 Å². The van der Waals surface area contributed by atoms with Crippen LogP contribution in [0.4, 0.5) is 0 Å². The number of fused-ring (bicyclic) bond motifs is 1. The molecule has 0 unspecified atom stereocenters. The van der Waals surface area contributed by atoms with Gasteiger partial charge in [-0.25, -0.2) is 4.79 Å². The Balaban J connectivity index is 1.98. The predicted molar refractivity (Wildman–Crippen MR) is 95.1 cm³/mol. The quantitative estimate of drug-likeness (QED) is 0.502. The summed E-state index contributed by atoms with van der Waals surface area (Å²) in [6.07, 6.45) is 3.21. The highest BCUT2D eigenvalue weighted by atomic mass is 16.5. The largest absolute Gasteiger partial charge is 0.463 e. The highest BCUT2D eigenvalue weighted by Crippen LogP contribution is 2.28. The Kier molecular flexibility index (Phi) is 4.97. The summed E-state index contributed by atoms with van der Waals surface area (Å²) < 4.78 is 12.8. The summed E-state index contributed by atoms with van der Waals surface area (Å²) in [5.74, 6) is 0.904. The van der Waals surface area contributed by atoms with Gasteiger partial charge in [-0.1, -0.05) is 38.1 Å². The van der Waals surface area contributed by atoms with Crippen LogP contribution in [-0.2, 0) is 16.1 Å². The minimum absolute atomic E-state index is 0.169. The van der Waals surface area contributed by atoms with E-state index >= 15 is 0 Å². The van der Waals surface area contributed by atoms with Crippen LogP contribution < -0.4 is 0 Å². The number of hydrogen-bond acceptors (Lipinski definition) is 5. The molecule has 0 aliphatic heterocycles. The Morgan fingerprint density at radius 1 is 1.32 bits per heavy atom. The third-order valence-corrected chi connectivity index (χ3v) is 3.79. The number of nitrogens with zero attached hydrogens (tertiary/aromatic N) is 3. The first-order chi connectivity index (χ1) is 12.1. The summed E-state index contributed by atoms with van der Waals surface area (Å²) in [6.45, 7) is 6.66. The maximum atomic E-state index is 11.5. The highest BCUT2D eigenvalue weighted by molar-refractivity contribution is 5.86. The summed E-state index contributed by atoms with van der Waals surface area (Å²) in [5, 5.41) is 9.37. The molecule has 0 radical (unpaired) electrons. The molecular weight excluding hydrogens is 318 g/mol. The molecular formula is C19H21N3O3. The molecule has 0 atom stereocenters. The van der Waals surface area contributed by atoms with Gasteiger partial charge < -0.3 is 13.7 Å². The Morgan fingerprint density at radius 2 is 2.12 bits per heavy atom. The molecule has 0 N–H and O–H groups in total. The minimum atomic E-state index is -0.347. The lowest BCUT2D eigenvalue weighted by atomic mass is 10.2. The van der Waals surface area contributed by atoms with Crippen molar-refractivity contribution in [2.24, 2.45) is 0 Å². The van der Waals surface area contributed by atoms with Crippen molar-refractivity contribution in [1.29, 1.82) is 0 Å². The second kappa shape index (κ2) is 7.34. The zero-order chi connectivity index (χ0) is 17.8. The van der Waals surface area contributed by atoms with Crippen molar-refractivity contribution in [1.82, 2.24) is 14.8 Å². The molecule has 0 aliphatic rings. The summed E-state index contributed by atoms with van der Waals surface area (Å²) in [4.78, 5) is 11.5. The monoisotopic (exact) mass is 339 g/mol. The van der Waals surface area contributed by atoms with Crippen molar-refractivity contribution in [3.8, 4) is 11.6 Å². The van der Waals surface area contributed by atoms with E-state index in [-0.39, 0.29) is 11.9 Å². The van der Waals surface area contributed by atoms with Gasteiger partial charge >= 0.3 is 5.97 Å². The number of rotatable bonds is 6. The van der Waals surface area contributed by atoms with E-state index in [0.29, 0.717) is 24.9 Å². The van der Waals surface area contributed by atoms with Gasteiger partial charge in [0.15, 0.2) is 0 Å². The Morgan fingerprint density at radius 3 is 2.84 bits per heavy atom. The second-order valence-electron chi connectivity index (χ2n) is 5.95. The van der Waals surface area contributed by atoms with Gasteiger partial charge in [0.1, 0.15) is 5.69 Å². The van der Waals surface area contributed by atoms with Crippen LogP contribution in [0.1, 0.15) is 32.6 Å². The maximum absolute atomic E-state index is 11.5. The first kappa shape index (κ1) is 17.0. The fraction of sp³-hybridized carbons (Fsp3) is 0.316. The first-order valence-electron chi connectivity index (χ1n) is 8.35. The topological polar surface area (TPSA) is 70.2 Å². The van der Waals surface area contributed by atoms with Crippen LogP contribution in [-0.4, -0.2) is 27.3 Å². The number of esters is 1. The molecule has 3 rings (SSSR count). The van der Waals surface area contributed by atoms with Crippen LogP contribution in [0.25, 0.3) is 22.5 Å². The number of carbonyl (C=O) groups is 1. The van der Waals surface area contributed by atoms with E-state index in [2.05, 4.69) is 10.2 Å². The number of benzene rings is 1. The minimum Gasteiger partial charge on any atom is -0.463 e. The summed E-state index contributed by atoms with van der Waals surface area (Å²) in [7, 11) is 0. The summed E-state index contributed by atoms with van der Waals surface area (Å²) >= 11 is 0. The molecule has 2 aromatic heterocycles. The molecule has 0 amide bonds. The molecule has 0 fully saturated rings. The van der Waals surface area contributed by atoms with Crippen molar-refractivity contribution in [3.63, 3.8) is 0 Å². The van der Waals surface area contributed by atoms with Crippen LogP contribution in [0.5, 0.6) is 0 Å². The second-order valence-corrected chi connectivity index (χ2v) is 5.95. The molecule has 0 bridgehead atoms. The lowest BCUT2D eigenvalue weighted by Gasteiger charge is -2.05. The van der Waals surface area contributed by atoms with Crippen LogP contribution in [0.15, 0.2) is 46.9 Å². The normalized spacial score (nSPS) is 11.7. The van der Waals surface area contributed by atoms with E-state index in [9.17, 15) is 4.79 Å². The van der Waals surface area contributed by atoms with Crippen LogP contribution in [0.2, 0.25) is 0 Å². The number of hydrogen-bond donors (Lipinski definition) is 0. The molecule has 130 valence electrons. The van der Waals surface area contributed by atoms with Gasteiger partial charge in [0.25, 0.3) is 5.89 Å². The maximum Gasteiger partial charge on any atom is 0.330 e. The SMILES string of the molecule is CCOC(=O)/C=C/Cn1c(-c2nnc(C(C)C)o2)cc2ccccc21. The fourth-order valence-electron chi connectivity index (χ4n) is 2.60. The van der Waals surface area contributed by atoms with Crippen molar-refractivity contribution < 1.29 is 13.9 Å². The van der Waals surface area contributed by atoms with E-state index in [1.54, 1.807) is 13.0 Å². The van der Waals surface area contributed by atoms with E-state index in [1.807, 2.05) is 48.7 Å². The zero-order valence-electron chi connectivity index (χ0n) is 14.6. The van der Waals surface area contributed by atoms with Crippen molar-refractivity contribution in [2.45, 2.75) is 33.2 Å². The number of aromatic nitrogens is 3. The van der Waals surface area contributed by atoms with Crippen LogP contribution >= 0.6 is 0 Å². The fourth-order valence-corrected chi connectivity index (χ4v) is 2.60. The van der Waals surface area contributed by atoms with Crippen molar-refractivity contribution >= 4 is 16.9 Å². The van der Waals surface area contributed by atoms with E-state index in [4.69, 9.17) is 9.15 Å². The van der Waals surface area contributed by atoms with E-state index in [1.165, 1.54) is 6.08 Å². The molecule has 2 heterocycles. The van der Waals surface area contributed by atoms with Gasteiger partial charge in [0.05, 0.1) is 6.61 Å². The third-order valence-electron chi connectivity index (χ3n) is 3.79. The average Bonchev–Trinajstić information content (AvgIpc) is 3.20. The third kappa shape index (κ3) is 3.63. The lowest BCUT2D eigenvalue weighted by molar-refractivity contribution is -0.137. The molecule has 6 nitrogen and oxygen atoms in total. The van der Waals surface area contributed by atoms with Gasteiger partial charge in [-0.2, -0.15) is 0 Å². The summed E-state index contributed by atoms with van der Waals surface area (Å²) in [5.41, 5.74) is 1.87. The molecule has 0 spiro atoms. The molecule has 1 aromatic carbocycles. The highest BCUT2D eigenvalue weighted by Gasteiger charge is 2.17. The van der Waals surface area contributed by atoms with Crippen molar-refractivity contribution in [3.05, 3.63) is 48.4 Å². The van der Waals surface area contributed by atoms with Crippen LogP contribution in [0.3, 0.4) is 0 Å². The Bertz CT molecular complexity index is 906. The molecule has 0 aliphatic carbocycles. The van der Waals surface area contributed by atoms with Crippen molar-refractivity contribution in [2.75, 3.05) is 6.61 Å². The smallest absolute Gasteiger partial charge is 0.330 e. The lowest BCUT2D eigenvalue weighted by Crippen LogP contribution is -2.02. The number of para-hydroxylation sites is 1. The van der Waals surface area contributed by atoms with Gasteiger partial charge in [-0.15, -0.1) is 10.2 Å². The number of ether oxygens (including phenoxy) is 1. The summed E-state index contributed by atoms with van der Waals surface area (Å²) in [6, 6.07) is 10.0. The average molecular weight is 339 g/mol. The van der Waals surface area contributed by atoms with Gasteiger partial charge in [-0.3, -0.25) is 0 Å². The van der Waals surface area contributed by atoms with E-state index < -0.39 is 0 Å². The molecule has 0 saturated carbocycles. The Hall–Kier alpha value is -2.89. The van der Waals surface area contributed by atoms with Gasteiger partial charge in [-0.05, 0) is 19.1 Å².